The van der Waals surface area contributed by atoms with E-state index in [1.807, 2.05) is 4.72 Å². The Morgan fingerprint density at radius 3 is 2.36 bits per heavy atom. The smallest absolute Gasteiger partial charge is 0.321 e. The lowest BCUT2D eigenvalue weighted by atomic mass is 10.1. The highest BCUT2D eigenvalue weighted by Gasteiger charge is 2.33. The minimum Gasteiger partial charge on any atom is -0.480 e. The van der Waals surface area contributed by atoms with Gasteiger partial charge in [-0.15, -0.1) is 0 Å². The zero-order chi connectivity index (χ0) is 17.1. The van der Waals surface area contributed by atoms with E-state index >= 15 is 0 Å². The molecular weight excluding hydrogens is 312 g/mol. The Labute approximate surface area is 128 Å². The van der Waals surface area contributed by atoms with Gasteiger partial charge in [-0.2, -0.15) is 4.72 Å². The first-order valence-electron chi connectivity index (χ1n) is 6.61. The first-order chi connectivity index (χ1) is 10.1. The van der Waals surface area contributed by atoms with Crippen LogP contribution in [0.25, 0.3) is 0 Å². The molecule has 1 atom stereocenters. The van der Waals surface area contributed by atoms with Crippen molar-refractivity contribution in [1.82, 2.24) is 4.72 Å². The molecule has 0 saturated heterocycles. The van der Waals surface area contributed by atoms with Crippen molar-refractivity contribution in [1.29, 1.82) is 0 Å². The molecule has 1 unspecified atom stereocenters. The molecule has 22 heavy (non-hydrogen) atoms. The Morgan fingerprint density at radius 1 is 1.36 bits per heavy atom. The van der Waals surface area contributed by atoms with Crippen molar-refractivity contribution in [3.63, 3.8) is 0 Å². The van der Waals surface area contributed by atoms with Crippen molar-refractivity contribution >= 4 is 21.7 Å². The Bertz CT molecular complexity index is 699. The first kappa shape index (κ1) is 18.1. The van der Waals surface area contributed by atoms with Gasteiger partial charge in [-0.25, -0.2) is 8.42 Å². The fourth-order valence-electron chi connectivity index (χ4n) is 2.10. The van der Waals surface area contributed by atoms with Crippen LogP contribution in [0.4, 0.5) is 5.69 Å². The van der Waals surface area contributed by atoms with Crippen LogP contribution in [0.5, 0.6) is 0 Å². The van der Waals surface area contributed by atoms with Crippen LogP contribution in [-0.2, 0) is 14.8 Å². The molecule has 122 valence electrons. The van der Waals surface area contributed by atoms with Crippen molar-refractivity contribution in [3.05, 3.63) is 33.4 Å². The monoisotopic (exact) mass is 330 g/mol. The summed E-state index contributed by atoms with van der Waals surface area (Å²) in [4.78, 5) is 21.0. The molecular formula is C13H18N2O6S. The lowest BCUT2D eigenvalue weighted by molar-refractivity contribution is -0.388. The molecule has 0 aliphatic heterocycles. The van der Waals surface area contributed by atoms with Crippen molar-refractivity contribution in [3.8, 4) is 0 Å². The van der Waals surface area contributed by atoms with E-state index in [0.717, 1.165) is 0 Å². The zero-order valence-corrected chi connectivity index (χ0v) is 13.3. The summed E-state index contributed by atoms with van der Waals surface area (Å²) in [5.41, 5.74) is -0.156. The Balaban J connectivity index is 3.43. The van der Waals surface area contributed by atoms with Gasteiger partial charge >= 0.3 is 5.97 Å². The third-order valence-electron chi connectivity index (χ3n) is 3.15. The molecule has 0 aromatic heterocycles. The molecule has 2 N–H and O–H groups in total. The Hall–Kier alpha value is -2.00. The highest BCUT2D eigenvalue weighted by atomic mass is 32.2. The molecule has 0 bridgehead atoms. The summed E-state index contributed by atoms with van der Waals surface area (Å²) < 4.78 is 26.9. The van der Waals surface area contributed by atoms with E-state index in [4.69, 9.17) is 5.11 Å². The average Bonchev–Trinajstić information content (AvgIpc) is 2.39. The van der Waals surface area contributed by atoms with Gasteiger partial charge < -0.3 is 5.11 Å². The Kier molecular flexibility index (Phi) is 5.61. The Morgan fingerprint density at radius 2 is 1.91 bits per heavy atom. The van der Waals surface area contributed by atoms with Crippen molar-refractivity contribution in [2.45, 2.75) is 44.6 Å². The summed E-state index contributed by atoms with van der Waals surface area (Å²) in [6.07, 6.45) is 0.543. The number of aryl methyl sites for hydroxylation is 2. The molecule has 0 fully saturated rings. The molecule has 0 saturated carbocycles. The number of carbonyl (C=O) groups is 1. The van der Waals surface area contributed by atoms with E-state index in [1.54, 1.807) is 6.92 Å². The number of nitro groups is 1. The van der Waals surface area contributed by atoms with E-state index in [2.05, 4.69) is 0 Å². The van der Waals surface area contributed by atoms with E-state index in [0.29, 0.717) is 6.42 Å². The minimum atomic E-state index is -4.33. The maximum atomic E-state index is 12.4. The van der Waals surface area contributed by atoms with Crippen LogP contribution in [0.3, 0.4) is 0 Å². The molecule has 0 amide bonds. The summed E-state index contributed by atoms with van der Waals surface area (Å²) in [5, 5.41) is 20.2. The van der Waals surface area contributed by atoms with Crippen LogP contribution in [0.15, 0.2) is 17.0 Å². The quantitative estimate of drug-likeness (QED) is 0.579. The fourth-order valence-corrected chi connectivity index (χ4v) is 3.80. The number of hydrogen-bond donors (Lipinski definition) is 2. The summed E-state index contributed by atoms with van der Waals surface area (Å²) >= 11 is 0. The number of benzene rings is 1. The number of nitrogens with zero attached hydrogens (tertiary/aromatic N) is 1. The predicted molar refractivity (Wildman–Crippen MR) is 79.2 cm³/mol. The number of sulfonamides is 1. The first-order valence-corrected chi connectivity index (χ1v) is 8.09. The van der Waals surface area contributed by atoms with E-state index in [9.17, 15) is 23.3 Å². The summed E-state index contributed by atoms with van der Waals surface area (Å²) in [6.45, 7) is 4.57. The largest absolute Gasteiger partial charge is 0.480 e. The SMILES string of the molecule is CCCC(NS(=O)(=O)c1c(C)ccc(C)c1[N+](=O)[O-])C(=O)O. The van der Waals surface area contributed by atoms with Gasteiger partial charge in [0.2, 0.25) is 10.0 Å². The highest BCUT2D eigenvalue weighted by Crippen LogP contribution is 2.30. The standard InChI is InChI=1S/C13H18N2O6S/c1-4-5-10(13(16)17)14-22(20,21)12-9(3)7-6-8(2)11(12)15(18)19/h6-7,10,14H,4-5H2,1-3H3,(H,16,17). The zero-order valence-electron chi connectivity index (χ0n) is 12.5. The maximum absolute atomic E-state index is 12.4. The number of hydrogen-bond acceptors (Lipinski definition) is 5. The topological polar surface area (TPSA) is 127 Å². The molecule has 0 radical (unpaired) electrons. The van der Waals surface area contributed by atoms with Gasteiger partial charge in [-0.3, -0.25) is 14.9 Å². The number of aliphatic carboxylic acids is 1. The van der Waals surface area contributed by atoms with Gasteiger partial charge in [0.15, 0.2) is 4.90 Å². The van der Waals surface area contributed by atoms with Crippen LogP contribution >= 0.6 is 0 Å². The van der Waals surface area contributed by atoms with Gasteiger partial charge in [0, 0.05) is 5.56 Å². The second-order valence-electron chi connectivity index (χ2n) is 4.93. The molecule has 8 nitrogen and oxygen atoms in total. The van der Waals surface area contributed by atoms with Crippen LogP contribution in [-0.4, -0.2) is 30.5 Å². The van der Waals surface area contributed by atoms with Crippen LogP contribution in [0.1, 0.15) is 30.9 Å². The maximum Gasteiger partial charge on any atom is 0.321 e. The van der Waals surface area contributed by atoms with Crippen molar-refractivity contribution < 1.29 is 23.2 Å². The molecule has 1 rings (SSSR count). The number of rotatable bonds is 7. The normalized spacial score (nSPS) is 12.9. The number of carboxylic acids is 1. The molecule has 0 aliphatic rings. The molecule has 9 heteroatoms. The van der Waals surface area contributed by atoms with Crippen LogP contribution in [0, 0.1) is 24.0 Å². The van der Waals surface area contributed by atoms with Crippen molar-refractivity contribution in [2.75, 3.05) is 0 Å². The third-order valence-corrected chi connectivity index (χ3v) is 4.80. The number of nitro benzene ring substituents is 1. The molecule has 0 heterocycles. The van der Waals surface area contributed by atoms with Gasteiger partial charge in [0.1, 0.15) is 6.04 Å². The van der Waals surface area contributed by atoms with Crippen molar-refractivity contribution in [2.24, 2.45) is 0 Å². The lowest BCUT2D eigenvalue weighted by Crippen LogP contribution is -2.41. The molecule has 0 aliphatic carbocycles. The predicted octanol–water partition coefficient (Wildman–Crippen LogP) is 1.74. The summed E-state index contributed by atoms with van der Waals surface area (Å²) in [5.74, 6) is -1.32. The summed E-state index contributed by atoms with van der Waals surface area (Å²) in [7, 11) is -4.33. The molecule has 0 spiro atoms. The van der Waals surface area contributed by atoms with E-state index < -0.39 is 37.5 Å². The minimum absolute atomic E-state index is 0.0905. The van der Waals surface area contributed by atoms with E-state index in [1.165, 1.54) is 26.0 Å². The van der Waals surface area contributed by atoms with Gasteiger partial charge in [0.25, 0.3) is 5.69 Å². The van der Waals surface area contributed by atoms with E-state index in [-0.39, 0.29) is 17.5 Å². The number of carboxylic acid groups (broad SMARTS) is 1. The summed E-state index contributed by atoms with van der Waals surface area (Å²) in [6, 6.07) is 1.58. The van der Waals surface area contributed by atoms with Crippen LogP contribution < -0.4 is 4.72 Å². The van der Waals surface area contributed by atoms with Crippen LogP contribution in [0.2, 0.25) is 0 Å². The van der Waals surface area contributed by atoms with Gasteiger partial charge in [-0.05, 0) is 25.8 Å². The highest BCUT2D eigenvalue weighted by molar-refractivity contribution is 7.89. The number of nitrogens with one attached hydrogen (secondary N) is 1. The second kappa shape index (κ2) is 6.84. The van der Waals surface area contributed by atoms with Gasteiger partial charge in [-0.1, -0.05) is 25.5 Å². The molecule has 1 aromatic rings. The van der Waals surface area contributed by atoms with Gasteiger partial charge in [0.05, 0.1) is 4.92 Å². The lowest BCUT2D eigenvalue weighted by Gasteiger charge is -2.15. The molecule has 1 aromatic carbocycles. The third kappa shape index (κ3) is 3.80. The second-order valence-corrected chi connectivity index (χ2v) is 6.59. The average molecular weight is 330 g/mol. The fraction of sp³-hybridized carbons (Fsp3) is 0.462.